The second-order valence-electron chi connectivity index (χ2n) is 4.69. The van der Waals surface area contributed by atoms with E-state index in [0.29, 0.717) is 12.0 Å². The van der Waals surface area contributed by atoms with E-state index in [2.05, 4.69) is 12.1 Å². The Morgan fingerprint density at radius 2 is 2.00 bits per heavy atom. The lowest BCUT2D eigenvalue weighted by atomic mass is 9.63. The molecule has 4 nitrogen and oxygen atoms in total. The van der Waals surface area contributed by atoms with Crippen LogP contribution in [0.5, 0.6) is 0 Å². The van der Waals surface area contributed by atoms with Crippen LogP contribution in [0.4, 0.5) is 0 Å². The van der Waals surface area contributed by atoms with E-state index in [0.717, 1.165) is 5.56 Å². The molecule has 0 amide bonds. The standard InChI is InChI=1S/C14H14N2O2/c15-6-12-10(7-17)5-14(8-16,9-18)13-4-2-1-3-11(12)13/h1-4,10,12,17-18H,5,7,9H2/t10-,12+,14+/m0/s1. The molecule has 4 heteroatoms. The van der Waals surface area contributed by atoms with Gasteiger partial charge in [-0.3, -0.25) is 0 Å². The van der Waals surface area contributed by atoms with E-state index in [9.17, 15) is 20.7 Å². The van der Waals surface area contributed by atoms with Crippen molar-refractivity contribution in [2.24, 2.45) is 5.92 Å². The fraction of sp³-hybridized carbons (Fsp3) is 0.429. The lowest BCUT2D eigenvalue weighted by molar-refractivity contribution is 0.143. The predicted molar refractivity (Wildman–Crippen MR) is 64.4 cm³/mol. The van der Waals surface area contributed by atoms with Gasteiger partial charge in [0.05, 0.1) is 24.7 Å². The highest BCUT2D eigenvalue weighted by Crippen LogP contribution is 2.45. The second kappa shape index (κ2) is 4.78. The molecule has 0 fully saturated rings. The highest BCUT2D eigenvalue weighted by atomic mass is 16.3. The van der Waals surface area contributed by atoms with E-state index in [1.807, 2.05) is 6.07 Å². The van der Waals surface area contributed by atoms with Crippen LogP contribution in [-0.4, -0.2) is 23.4 Å². The Morgan fingerprint density at radius 1 is 1.28 bits per heavy atom. The number of rotatable bonds is 2. The first-order valence-electron chi connectivity index (χ1n) is 5.84. The fourth-order valence-electron chi connectivity index (χ4n) is 2.77. The molecule has 1 aliphatic rings. The monoisotopic (exact) mass is 242 g/mol. The van der Waals surface area contributed by atoms with Gasteiger partial charge in [0.1, 0.15) is 5.41 Å². The number of hydrogen-bond acceptors (Lipinski definition) is 4. The average molecular weight is 242 g/mol. The van der Waals surface area contributed by atoms with Crippen molar-refractivity contribution in [1.82, 2.24) is 0 Å². The number of nitrogens with zero attached hydrogens (tertiary/aromatic N) is 2. The summed E-state index contributed by atoms with van der Waals surface area (Å²) in [6, 6.07) is 11.5. The van der Waals surface area contributed by atoms with Gasteiger partial charge in [-0.25, -0.2) is 0 Å². The van der Waals surface area contributed by atoms with Crippen molar-refractivity contribution in [2.75, 3.05) is 13.2 Å². The molecule has 0 saturated heterocycles. The van der Waals surface area contributed by atoms with E-state index in [1.54, 1.807) is 18.2 Å². The topological polar surface area (TPSA) is 88.0 Å². The summed E-state index contributed by atoms with van der Waals surface area (Å²) < 4.78 is 0. The molecular weight excluding hydrogens is 228 g/mol. The van der Waals surface area contributed by atoms with Crippen LogP contribution in [0.15, 0.2) is 24.3 Å². The van der Waals surface area contributed by atoms with Gasteiger partial charge >= 0.3 is 0 Å². The quantitative estimate of drug-likeness (QED) is 0.811. The number of fused-ring (bicyclic) bond motifs is 1. The maximum absolute atomic E-state index is 9.57. The minimum atomic E-state index is -1.00. The molecule has 3 atom stereocenters. The molecule has 0 unspecified atom stereocenters. The number of hydrogen-bond donors (Lipinski definition) is 2. The maximum Gasteiger partial charge on any atom is 0.106 e. The van der Waals surface area contributed by atoms with Crippen LogP contribution >= 0.6 is 0 Å². The molecule has 0 radical (unpaired) electrons. The molecule has 1 aromatic rings. The van der Waals surface area contributed by atoms with Crippen molar-refractivity contribution in [2.45, 2.75) is 17.8 Å². The van der Waals surface area contributed by atoms with Crippen molar-refractivity contribution in [3.05, 3.63) is 35.4 Å². The van der Waals surface area contributed by atoms with E-state index < -0.39 is 11.3 Å². The Hall–Kier alpha value is -1.88. The summed E-state index contributed by atoms with van der Waals surface area (Å²) in [6.07, 6.45) is 0.311. The lowest BCUT2D eigenvalue weighted by Crippen LogP contribution is -2.40. The zero-order valence-corrected chi connectivity index (χ0v) is 9.87. The van der Waals surface area contributed by atoms with Gasteiger partial charge in [0.2, 0.25) is 0 Å². The molecular formula is C14H14N2O2. The number of aliphatic hydroxyl groups is 2. The van der Waals surface area contributed by atoms with Gasteiger partial charge in [0, 0.05) is 12.5 Å². The predicted octanol–water partition coefficient (Wildman–Crippen LogP) is 1.06. The first kappa shape index (κ1) is 12.6. The third-order valence-electron chi connectivity index (χ3n) is 3.75. The molecule has 0 aromatic heterocycles. The van der Waals surface area contributed by atoms with E-state index in [1.165, 1.54) is 0 Å². The van der Waals surface area contributed by atoms with Gasteiger partial charge in [-0.15, -0.1) is 0 Å². The van der Waals surface area contributed by atoms with Crippen LogP contribution < -0.4 is 0 Å². The molecule has 0 heterocycles. The molecule has 2 rings (SSSR count). The molecule has 0 spiro atoms. The SMILES string of the molecule is N#C[C@H]1c2ccccc2[C@](C#N)(CO)C[C@H]1CO. The van der Waals surface area contributed by atoms with Gasteiger partial charge in [-0.05, 0) is 17.5 Å². The largest absolute Gasteiger partial charge is 0.396 e. The third-order valence-corrected chi connectivity index (χ3v) is 3.75. The fourth-order valence-corrected chi connectivity index (χ4v) is 2.77. The zero-order valence-electron chi connectivity index (χ0n) is 9.87. The van der Waals surface area contributed by atoms with Gasteiger partial charge in [0.25, 0.3) is 0 Å². The lowest BCUT2D eigenvalue weighted by Gasteiger charge is -2.38. The first-order chi connectivity index (χ1) is 8.72. The number of nitriles is 2. The molecule has 0 bridgehead atoms. The maximum atomic E-state index is 9.57. The van der Waals surface area contributed by atoms with Crippen LogP contribution in [0.1, 0.15) is 23.5 Å². The summed E-state index contributed by atoms with van der Waals surface area (Å²) in [6.45, 7) is -0.453. The van der Waals surface area contributed by atoms with Crippen molar-refractivity contribution in [3.63, 3.8) is 0 Å². The van der Waals surface area contributed by atoms with Crippen LogP contribution in [0.25, 0.3) is 0 Å². The smallest absolute Gasteiger partial charge is 0.106 e. The Bertz CT molecular complexity index is 529. The van der Waals surface area contributed by atoms with Crippen LogP contribution in [-0.2, 0) is 5.41 Å². The molecule has 92 valence electrons. The van der Waals surface area contributed by atoms with E-state index in [-0.39, 0.29) is 19.1 Å². The highest BCUT2D eigenvalue weighted by molar-refractivity contribution is 5.46. The summed E-state index contributed by atoms with van der Waals surface area (Å²) in [5.74, 6) is -0.726. The van der Waals surface area contributed by atoms with Crippen LogP contribution in [0, 0.1) is 28.6 Å². The molecule has 2 N–H and O–H groups in total. The minimum absolute atomic E-state index is 0.157. The molecule has 1 aromatic carbocycles. The van der Waals surface area contributed by atoms with Gasteiger partial charge in [-0.2, -0.15) is 10.5 Å². The number of aliphatic hydroxyl groups excluding tert-OH is 2. The average Bonchev–Trinajstić information content (AvgIpc) is 2.45. The van der Waals surface area contributed by atoms with Crippen molar-refractivity contribution in [3.8, 4) is 12.1 Å². The van der Waals surface area contributed by atoms with E-state index in [4.69, 9.17) is 0 Å². The van der Waals surface area contributed by atoms with Gasteiger partial charge in [0.15, 0.2) is 0 Å². The Morgan fingerprint density at radius 3 is 2.56 bits per heavy atom. The summed E-state index contributed by atoms with van der Waals surface area (Å²) in [5.41, 5.74) is 0.462. The van der Waals surface area contributed by atoms with Gasteiger partial charge < -0.3 is 10.2 Å². The Kier molecular flexibility index (Phi) is 3.34. The summed E-state index contributed by atoms with van der Waals surface area (Å²) in [4.78, 5) is 0. The van der Waals surface area contributed by atoms with Crippen molar-refractivity contribution >= 4 is 0 Å². The number of benzene rings is 1. The van der Waals surface area contributed by atoms with Crippen LogP contribution in [0.2, 0.25) is 0 Å². The summed E-state index contributed by atoms with van der Waals surface area (Å²) >= 11 is 0. The van der Waals surface area contributed by atoms with Crippen molar-refractivity contribution < 1.29 is 10.2 Å². The minimum Gasteiger partial charge on any atom is -0.396 e. The molecule has 1 aliphatic carbocycles. The third kappa shape index (κ3) is 1.67. The van der Waals surface area contributed by atoms with Crippen molar-refractivity contribution in [1.29, 1.82) is 10.5 Å². The molecule has 18 heavy (non-hydrogen) atoms. The summed E-state index contributed by atoms with van der Waals surface area (Å²) in [5, 5.41) is 37.6. The van der Waals surface area contributed by atoms with E-state index >= 15 is 0 Å². The van der Waals surface area contributed by atoms with Crippen LogP contribution in [0.3, 0.4) is 0 Å². The molecule has 0 aliphatic heterocycles. The zero-order chi connectivity index (χ0) is 13.2. The summed E-state index contributed by atoms with van der Waals surface area (Å²) in [7, 11) is 0. The molecule has 0 saturated carbocycles. The normalized spacial score (nSPS) is 30.0. The second-order valence-corrected chi connectivity index (χ2v) is 4.69. The first-order valence-corrected chi connectivity index (χ1v) is 5.84. The highest BCUT2D eigenvalue weighted by Gasteiger charge is 2.44. The Balaban J connectivity index is 2.64. The Labute approximate surface area is 106 Å². The van der Waals surface area contributed by atoms with Gasteiger partial charge in [-0.1, -0.05) is 24.3 Å².